The van der Waals surface area contributed by atoms with Gasteiger partial charge in [0.2, 0.25) is 0 Å². The topological polar surface area (TPSA) is 35.5 Å². The zero-order valence-electron chi connectivity index (χ0n) is 6.84. The lowest BCUT2D eigenvalue weighted by Crippen LogP contribution is -2.06. The molecule has 0 heterocycles. The Morgan fingerprint density at radius 3 is 2.58 bits per heavy atom. The monoisotopic (exact) mass is 178 g/mol. The van der Waals surface area contributed by atoms with Crippen molar-refractivity contribution in [1.29, 1.82) is 0 Å². The summed E-state index contributed by atoms with van der Waals surface area (Å²) in [6.07, 6.45) is 0.871. The molecule has 0 atom stereocenters. The zero-order chi connectivity index (χ0) is 9.56. The minimum atomic E-state index is -2.91. The van der Waals surface area contributed by atoms with Crippen molar-refractivity contribution in [3.8, 4) is 0 Å². The van der Waals surface area contributed by atoms with Crippen molar-refractivity contribution in [2.75, 3.05) is 6.61 Å². The zero-order valence-corrected chi connectivity index (χ0v) is 6.84. The first-order valence-electron chi connectivity index (χ1n) is 3.36. The van der Waals surface area contributed by atoms with Gasteiger partial charge in [0.15, 0.2) is 0 Å². The highest BCUT2D eigenvalue weighted by molar-refractivity contribution is 6.34. The Morgan fingerprint density at radius 1 is 1.58 bits per heavy atom. The number of halogens is 2. The van der Waals surface area contributed by atoms with Crippen molar-refractivity contribution in [2.24, 2.45) is 0 Å². The second-order valence-electron chi connectivity index (χ2n) is 1.89. The summed E-state index contributed by atoms with van der Waals surface area (Å²) in [5.74, 6) is -0.848. The molecule has 0 amide bonds. The van der Waals surface area contributed by atoms with Crippen LogP contribution in [-0.2, 0) is 14.2 Å². The first-order valence-corrected chi connectivity index (χ1v) is 3.36. The summed E-state index contributed by atoms with van der Waals surface area (Å²) in [7, 11) is -2.91. The molecule has 0 aromatic rings. The molecule has 6 heteroatoms. The Balaban J connectivity index is 3.89. The molecule has 0 saturated carbocycles. The predicted octanol–water partition coefficient (Wildman–Crippen LogP) is 1.39. The highest BCUT2D eigenvalue weighted by Crippen LogP contribution is 2.01. The Morgan fingerprint density at radius 2 is 2.17 bits per heavy atom. The second kappa shape index (κ2) is 5.57. The van der Waals surface area contributed by atoms with Crippen LogP contribution in [0, 0.1) is 0 Å². The molecule has 0 rings (SSSR count). The van der Waals surface area contributed by atoms with Gasteiger partial charge in [-0.3, -0.25) is 0 Å². The van der Waals surface area contributed by atoms with Gasteiger partial charge in [-0.1, -0.05) is 0 Å². The lowest BCUT2D eigenvalue weighted by atomic mass is 10.3. The van der Waals surface area contributed by atoms with Gasteiger partial charge in [0.1, 0.15) is 0 Å². The SMILES string of the molecule is CCOC(=O)/C=C(/C)OB(F)F. The molecule has 3 nitrogen and oxygen atoms in total. The largest absolute Gasteiger partial charge is 0.796 e. The maximum atomic E-state index is 11.5. The van der Waals surface area contributed by atoms with Crippen molar-refractivity contribution in [3.63, 3.8) is 0 Å². The fourth-order valence-corrected chi connectivity index (χ4v) is 0.524. The molecule has 0 aromatic heterocycles. The highest BCUT2D eigenvalue weighted by Gasteiger charge is 2.17. The van der Waals surface area contributed by atoms with Crippen LogP contribution >= 0.6 is 0 Å². The minimum Gasteiger partial charge on any atom is -0.509 e. The first kappa shape index (κ1) is 10.9. The summed E-state index contributed by atoms with van der Waals surface area (Å²) < 4.78 is 31.4. The van der Waals surface area contributed by atoms with E-state index in [1.54, 1.807) is 6.92 Å². The number of carbonyl (C=O) groups excluding carboxylic acids is 1. The highest BCUT2D eigenvalue weighted by atomic mass is 19.2. The number of rotatable bonds is 4. The van der Waals surface area contributed by atoms with Gasteiger partial charge in [-0.25, -0.2) is 13.4 Å². The van der Waals surface area contributed by atoms with Gasteiger partial charge in [-0.2, -0.15) is 0 Å². The second-order valence-corrected chi connectivity index (χ2v) is 1.89. The Bertz CT molecular complexity index is 182. The molecule has 0 spiro atoms. The van der Waals surface area contributed by atoms with Crippen molar-refractivity contribution in [2.45, 2.75) is 13.8 Å². The Kier molecular flexibility index (Phi) is 5.07. The summed E-state index contributed by atoms with van der Waals surface area (Å²) in [6.45, 7) is 3.08. The van der Waals surface area contributed by atoms with Gasteiger partial charge in [-0.05, 0) is 13.8 Å². The van der Waals surface area contributed by atoms with Crippen LogP contribution in [0.1, 0.15) is 13.8 Å². The van der Waals surface area contributed by atoms with E-state index in [9.17, 15) is 13.4 Å². The third kappa shape index (κ3) is 5.70. The fraction of sp³-hybridized carbons (Fsp3) is 0.500. The molecule has 12 heavy (non-hydrogen) atoms. The molecule has 0 aromatic carbocycles. The van der Waals surface area contributed by atoms with Crippen LogP contribution in [0.25, 0.3) is 0 Å². The van der Waals surface area contributed by atoms with E-state index in [0.29, 0.717) is 0 Å². The molecule has 0 N–H and O–H groups in total. The normalized spacial score (nSPS) is 10.8. The number of ether oxygens (including phenoxy) is 1. The van der Waals surface area contributed by atoms with E-state index in [0.717, 1.165) is 6.08 Å². The Hall–Kier alpha value is -1.07. The molecule has 0 aliphatic heterocycles. The van der Waals surface area contributed by atoms with Gasteiger partial charge >= 0.3 is 13.4 Å². The molecule has 0 aliphatic carbocycles. The lowest BCUT2D eigenvalue weighted by Gasteiger charge is -2.01. The number of hydrogen-bond acceptors (Lipinski definition) is 3. The summed E-state index contributed by atoms with van der Waals surface area (Å²) in [4.78, 5) is 10.6. The first-order chi connectivity index (χ1) is 5.56. The average Bonchev–Trinajstić information content (AvgIpc) is 1.84. The summed E-state index contributed by atoms with van der Waals surface area (Å²) in [5, 5.41) is 0. The summed E-state index contributed by atoms with van der Waals surface area (Å²) in [6, 6.07) is 0. The predicted molar refractivity (Wildman–Crippen MR) is 39.4 cm³/mol. The lowest BCUT2D eigenvalue weighted by molar-refractivity contribution is -0.137. The van der Waals surface area contributed by atoms with Crippen LogP contribution in [0.3, 0.4) is 0 Å². The van der Waals surface area contributed by atoms with Crippen LogP contribution < -0.4 is 0 Å². The standard InChI is InChI=1S/C6H9BF2O3/c1-3-11-6(10)4-5(2)12-7(8)9/h4H,3H2,1-2H3/b5-4-. The number of hydrogen-bond donors (Lipinski definition) is 0. The van der Waals surface area contributed by atoms with Gasteiger partial charge in [0, 0.05) is 0 Å². The van der Waals surface area contributed by atoms with Crippen molar-refractivity contribution in [3.05, 3.63) is 11.8 Å². The molecule has 0 bridgehead atoms. The molecule has 0 fully saturated rings. The summed E-state index contributed by atoms with van der Waals surface area (Å²) in [5.41, 5.74) is 0. The fourth-order valence-electron chi connectivity index (χ4n) is 0.524. The summed E-state index contributed by atoms with van der Waals surface area (Å²) >= 11 is 0. The van der Waals surface area contributed by atoms with E-state index in [4.69, 9.17) is 0 Å². The maximum Gasteiger partial charge on any atom is 0.796 e. The van der Waals surface area contributed by atoms with E-state index >= 15 is 0 Å². The number of allylic oxidation sites excluding steroid dienone is 1. The quantitative estimate of drug-likeness (QED) is 0.282. The van der Waals surface area contributed by atoms with E-state index in [1.807, 2.05) is 0 Å². The smallest absolute Gasteiger partial charge is 0.509 e. The van der Waals surface area contributed by atoms with Crippen molar-refractivity contribution < 1.29 is 22.8 Å². The van der Waals surface area contributed by atoms with E-state index in [2.05, 4.69) is 9.39 Å². The molecule has 68 valence electrons. The molecule has 0 radical (unpaired) electrons. The van der Waals surface area contributed by atoms with Gasteiger partial charge in [0.05, 0.1) is 18.4 Å². The van der Waals surface area contributed by atoms with Gasteiger partial charge in [-0.15, -0.1) is 0 Å². The van der Waals surface area contributed by atoms with Crippen LogP contribution in [-0.4, -0.2) is 20.0 Å². The molecule has 0 aliphatic rings. The molecule has 0 saturated heterocycles. The van der Waals surface area contributed by atoms with E-state index in [1.165, 1.54) is 6.92 Å². The number of esters is 1. The van der Waals surface area contributed by atoms with E-state index in [-0.39, 0.29) is 12.4 Å². The Labute approximate surface area is 69.6 Å². The number of carbonyl (C=O) groups is 1. The third-order valence-electron chi connectivity index (χ3n) is 0.883. The molecule has 0 unspecified atom stereocenters. The van der Waals surface area contributed by atoms with E-state index < -0.39 is 13.4 Å². The molecular formula is C6H9BF2O3. The van der Waals surface area contributed by atoms with Crippen molar-refractivity contribution in [1.82, 2.24) is 0 Å². The van der Waals surface area contributed by atoms with Gasteiger partial charge in [0.25, 0.3) is 0 Å². The van der Waals surface area contributed by atoms with Crippen LogP contribution in [0.5, 0.6) is 0 Å². The van der Waals surface area contributed by atoms with Crippen LogP contribution in [0.15, 0.2) is 11.8 Å². The third-order valence-corrected chi connectivity index (χ3v) is 0.883. The average molecular weight is 178 g/mol. The van der Waals surface area contributed by atoms with Crippen LogP contribution in [0.4, 0.5) is 8.63 Å². The van der Waals surface area contributed by atoms with Crippen molar-refractivity contribution >= 4 is 13.4 Å². The van der Waals surface area contributed by atoms with Gasteiger partial charge < -0.3 is 9.39 Å². The maximum absolute atomic E-state index is 11.5. The molecular weight excluding hydrogens is 169 g/mol. The van der Waals surface area contributed by atoms with Crippen LogP contribution in [0.2, 0.25) is 0 Å². The minimum absolute atomic E-state index is 0.163.